The quantitative estimate of drug-likeness (QED) is 0.733. The number of nitrogens with two attached hydrogens (primary N) is 1. The Bertz CT molecular complexity index is 537. The largest absolute Gasteiger partial charge is 0.507 e. The molecule has 0 heterocycles. The Hall–Kier alpha value is -1.97. The lowest BCUT2D eigenvalue weighted by molar-refractivity contribution is -0.156. The predicted octanol–water partition coefficient (Wildman–Crippen LogP) is 2.67. The number of alkyl halides is 6. The highest BCUT2D eigenvalue weighted by Gasteiger charge is 2.46. The van der Waals surface area contributed by atoms with Gasteiger partial charge in [0, 0.05) is 5.56 Å². The molecule has 0 bridgehead atoms. The lowest BCUT2D eigenvalue weighted by Gasteiger charge is -2.22. The lowest BCUT2D eigenvalue weighted by Crippen LogP contribution is -2.31. The standard InChI is InChI=1S/C10H7F6NO3/c11-9(12,13)4-2-1-3(8(19)20)6(18)5(4)7(17)10(14,15)16/h1-2,7,18H,17H2,(H,19,20)/t7-/m1/s1. The number of hydrogen-bond donors (Lipinski definition) is 3. The van der Waals surface area contributed by atoms with E-state index in [0.29, 0.717) is 6.07 Å². The number of aromatic carboxylic acids is 1. The zero-order valence-electron chi connectivity index (χ0n) is 9.38. The molecule has 1 aromatic carbocycles. The van der Waals surface area contributed by atoms with Crippen LogP contribution >= 0.6 is 0 Å². The Kier molecular flexibility index (Phi) is 3.90. The Morgan fingerprint density at radius 3 is 2.00 bits per heavy atom. The Labute approximate surface area is 107 Å². The summed E-state index contributed by atoms with van der Waals surface area (Å²) in [4.78, 5) is 10.6. The molecule has 10 heteroatoms. The molecule has 0 unspecified atom stereocenters. The van der Waals surface area contributed by atoms with Crippen LogP contribution in [0.5, 0.6) is 5.75 Å². The van der Waals surface area contributed by atoms with Gasteiger partial charge in [0.05, 0.1) is 5.56 Å². The Balaban J connectivity index is 3.66. The van der Waals surface area contributed by atoms with E-state index in [-0.39, 0.29) is 6.07 Å². The summed E-state index contributed by atoms with van der Waals surface area (Å²) < 4.78 is 75.3. The molecular formula is C10H7F6NO3. The van der Waals surface area contributed by atoms with Gasteiger partial charge in [0.15, 0.2) is 0 Å². The van der Waals surface area contributed by atoms with Crippen molar-refractivity contribution in [2.24, 2.45) is 5.73 Å². The molecule has 0 aliphatic rings. The maximum atomic E-state index is 12.6. The van der Waals surface area contributed by atoms with Gasteiger partial charge in [0.1, 0.15) is 17.4 Å². The second kappa shape index (κ2) is 4.85. The Morgan fingerprint density at radius 1 is 1.15 bits per heavy atom. The van der Waals surface area contributed by atoms with E-state index in [1.807, 2.05) is 0 Å². The predicted molar refractivity (Wildman–Crippen MR) is 53.1 cm³/mol. The third kappa shape index (κ3) is 2.95. The molecule has 1 aromatic rings. The molecule has 112 valence electrons. The van der Waals surface area contributed by atoms with Gasteiger partial charge >= 0.3 is 18.3 Å². The van der Waals surface area contributed by atoms with Gasteiger partial charge in [0.2, 0.25) is 0 Å². The molecule has 0 amide bonds. The van der Waals surface area contributed by atoms with E-state index < -0.39 is 46.8 Å². The number of aromatic hydroxyl groups is 1. The van der Waals surface area contributed by atoms with Gasteiger partial charge in [-0.25, -0.2) is 4.79 Å². The van der Waals surface area contributed by atoms with Crippen LogP contribution in [0.1, 0.15) is 27.5 Å². The number of carboxylic acid groups (broad SMARTS) is 1. The van der Waals surface area contributed by atoms with Crippen molar-refractivity contribution in [3.05, 3.63) is 28.8 Å². The highest BCUT2D eigenvalue weighted by atomic mass is 19.4. The van der Waals surface area contributed by atoms with Crippen LogP contribution in [0.25, 0.3) is 0 Å². The molecular weight excluding hydrogens is 296 g/mol. The highest BCUT2D eigenvalue weighted by Crippen LogP contribution is 2.44. The number of carbonyl (C=O) groups is 1. The van der Waals surface area contributed by atoms with E-state index in [0.717, 1.165) is 0 Å². The van der Waals surface area contributed by atoms with Gasteiger partial charge in [-0.15, -0.1) is 0 Å². The first kappa shape index (κ1) is 16.1. The molecule has 0 saturated carbocycles. The smallest absolute Gasteiger partial charge is 0.416 e. The molecule has 0 radical (unpaired) electrons. The van der Waals surface area contributed by atoms with Crippen molar-refractivity contribution in [1.29, 1.82) is 0 Å². The van der Waals surface area contributed by atoms with Gasteiger partial charge in [-0.1, -0.05) is 0 Å². The number of benzene rings is 1. The molecule has 0 aromatic heterocycles. The molecule has 0 fully saturated rings. The molecule has 0 aliphatic carbocycles. The van der Waals surface area contributed by atoms with E-state index in [2.05, 4.69) is 5.73 Å². The average molecular weight is 303 g/mol. The lowest BCUT2D eigenvalue weighted by atomic mass is 9.95. The number of halogens is 6. The van der Waals surface area contributed by atoms with E-state index in [9.17, 15) is 36.2 Å². The van der Waals surface area contributed by atoms with Gasteiger partial charge in [-0.05, 0) is 12.1 Å². The van der Waals surface area contributed by atoms with Crippen molar-refractivity contribution in [3.63, 3.8) is 0 Å². The van der Waals surface area contributed by atoms with E-state index in [1.54, 1.807) is 0 Å². The van der Waals surface area contributed by atoms with Crippen molar-refractivity contribution < 1.29 is 41.4 Å². The first-order chi connectivity index (χ1) is 8.87. The van der Waals surface area contributed by atoms with Crippen LogP contribution in [-0.4, -0.2) is 22.4 Å². The van der Waals surface area contributed by atoms with Crippen molar-refractivity contribution >= 4 is 5.97 Å². The number of phenols is 1. The van der Waals surface area contributed by atoms with Crippen LogP contribution in [0.2, 0.25) is 0 Å². The third-order valence-corrected chi connectivity index (χ3v) is 2.42. The van der Waals surface area contributed by atoms with Gasteiger partial charge in [-0.3, -0.25) is 0 Å². The van der Waals surface area contributed by atoms with Crippen molar-refractivity contribution in [3.8, 4) is 5.75 Å². The van der Waals surface area contributed by atoms with Gasteiger partial charge in [0.25, 0.3) is 0 Å². The minimum atomic E-state index is -5.28. The molecule has 1 atom stereocenters. The average Bonchev–Trinajstić information content (AvgIpc) is 2.24. The number of hydrogen-bond acceptors (Lipinski definition) is 3. The molecule has 20 heavy (non-hydrogen) atoms. The van der Waals surface area contributed by atoms with Gasteiger partial charge < -0.3 is 15.9 Å². The summed E-state index contributed by atoms with van der Waals surface area (Å²) in [7, 11) is 0. The summed E-state index contributed by atoms with van der Waals surface area (Å²) >= 11 is 0. The van der Waals surface area contributed by atoms with E-state index >= 15 is 0 Å². The Morgan fingerprint density at radius 2 is 1.65 bits per heavy atom. The minimum Gasteiger partial charge on any atom is -0.507 e. The molecule has 4 nitrogen and oxygen atoms in total. The molecule has 0 spiro atoms. The topological polar surface area (TPSA) is 83.6 Å². The summed E-state index contributed by atoms with van der Waals surface area (Å²) in [6.45, 7) is 0. The number of rotatable bonds is 2. The fourth-order valence-corrected chi connectivity index (χ4v) is 1.51. The van der Waals surface area contributed by atoms with Crippen LogP contribution in [-0.2, 0) is 6.18 Å². The molecule has 4 N–H and O–H groups in total. The summed E-state index contributed by atoms with van der Waals surface area (Å²) in [6.07, 6.45) is -10.5. The summed E-state index contributed by atoms with van der Waals surface area (Å²) in [5.41, 5.74) is -0.00294. The SMILES string of the molecule is N[C@H](c1c(C(F)(F)F)ccc(C(=O)O)c1O)C(F)(F)F. The minimum absolute atomic E-state index is 0.129. The third-order valence-electron chi connectivity index (χ3n) is 2.42. The van der Waals surface area contributed by atoms with Crippen LogP contribution < -0.4 is 5.73 Å². The molecule has 0 saturated heterocycles. The normalized spacial score (nSPS) is 14.2. The summed E-state index contributed by atoms with van der Waals surface area (Å²) in [6, 6.07) is -2.68. The van der Waals surface area contributed by atoms with E-state index in [1.165, 1.54) is 0 Å². The summed E-state index contributed by atoms with van der Waals surface area (Å²) in [5.74, 6) is -3.54. The maximum absolute atomic E-state index is 12.6. The fourth-order valence-electron chi connectivity index (χ4n) is 1.51. The van der Waals surface area contributed by atoms with E-state index in [4.69, 9.17) is 5.11 Å². The second-order valence-electron chi connectivity index (χ2n) is 3.75. The second-order valence-corrected chi connectivity index (χ2v) is 3.75. The fraction of sp³-hybridized carbons (Fsp3) is 0.300. The van der Waals surface area contributed by atoms with Crippen LogP contribution in [0, 0.1) is 0 Å². The van der Waals surface area contributed by atoms with Crippen LogP contribution in [0.15, 0.2) is 12.1 Å². The zero-order valence-corrected chi connectivity index (χ0v) is 9.38. The summed E-state index contributed by atoms with van der Waals surface area (Å²) in [5, 5.41) is 18.0. The van der Waals surface area contributed by atoms with Crippen molar-refractivity contribution in [2.45, 2.75) is 18.4 Å². The van der Waals surface area contributed by atoms with Gasteiger partial charge in [-0.2, -0.15) is 26.3 Å². The highest BCUT2D eigenvalue weighted by molar-refractivity contribution is 5.91. The van der Waals surface area contributed by atoms with Crippen molar-refractivity contribution in [2.75, 3.05) is 0 Å². The molecule has 1 rings (SSSR count). The number of carboxylic acids is 1. The van der Waals surface area contributed by atoms with Crippen molar-refractivity contribution in [1.82, 2.24) is 0 Å². The maximum Gasteiger partial charge on any atom is 0.416 e. The first-order valence-electron chi connectivity index (χ1n) is 4.86. The monoisotopic (exact) mass is 303 g/mol. The zero-order chi connectivity index (χ0) is 15.9. The van der Waals surface area contributed by atoms with Crippen LogP contribution in [0.3, 0.4) is 0 Å². The van der Waals surface area contributed by atoms with Crippen LogP contribution in [0.4, 0.5) is 26.3 Å². The molecule has 0 aliphatic heterocycles. The first-order valence-corrected chi connectivity index (χ1v) is 4.86.